The molecule has 1 saturated heterocycles. The van der Waals surface area contributed by atoms with E-state index < -0.39 is 5.41 Å². The van der Waals surface area contributed by atoms with Crippen LogP contribution in [0.1, 0.15) is 28.9 Å². The molecule has 0 amide bonds. The average Bonchev–Trinajstić information content (AvgIpc) is 2.92. The topological polar surface area (TPSA) is 69.1 Å². The first-order valence-corrected chi connectivity index (χ1v) is 13.2. The summed E-state index contributed by atoms with van der Waals surface area (Å²) in [5.74, 6) is -0.361. The molecule has 5 nitrogen and oxygen atoms in total. The summed E-state index contributed by atoms with van der Waals surface area (Å²) in [4.78, 5) is 19.5. The Bertz CT molecular complexity index is 1410. The van der Waals surface area contributed by atoms with E-state index in [0.29, 0.717) is 35.7 Å². The standard InChI is InChI=1S/C29H26ClFN4OS/c1-19-5-10-24(15-25(19)30)37-35-13-11-21-14-27(34-23-8-6-22(31)7-9-23)20(17-32)16-29(21,18-35)28(36)26-4-2-3-12-33-26/h2-10,12,14-15,17,32,34H,11,13,16,18H2,1H3. The number of aromatic nitrogens is 1. The molecule has 1 unspecified atom stereocenters. The molecule has 2 N–H and O–H groups in total. The number of benzene rings is 2. The molecular weight excluding hydrogens is 507 g/mol. The Balaban J connectivity index is 1.50. The Hall–Kier alpha value is -3.26. The molecule has 0 radical (unpaired) electrons. The van der Waals surface area contributed by atoms with E-state index in [4.69, 9.17) is 17.0 Å². The summed E-state index contributed by atoms with van der Waals surface area (Å²) in [6, 6.07) is 17.5. The van der Waals surface area contributed by atoms with Crippen molar-refractivity contribution in [3.05, 3.63) is 112 Å². The van der Waals surface area contributed by atoms with Crippen LogP contribution in [0.3, 0.4) is 0 Å². The number of ketones is 1. The van der Waals surface area contributed by atoms with Crippen molar-refractivity contribution in [2.75, 3.05) is 18.4 Å². The Kier molecular flexibility index (Phi) is 7.29. The predicted molar refractivity (Wildman–Crippen MR) is 148 cm³/mol. The fourth-order valence-electron chi connectivity index (χ4n) is 4.86. The van der Waals surface area contributed by atoms with Crippen molar-refractivity contribution in [2.45, 2.75) is 24.7 Å². The number of anilines is 1. The number of fused-ring (bicyclic) bond motifs is 1. The predicted octanol–water partition coefficient (Wildman–Crippen LogP) is 7.11. The van der Waals surface area contributed by atoms with Gasteiger partial charge in [-0.3, -0.25) is 9.78 Å². The van der Waals surface area contributed by atoms with Gasteiger partial charge in [0.1, 0.15) is 11.5 Å². The average molecular weight is 533 g/mol. The number of hydrogen-bond donors (Lipinski definition) is 2. The third kappa shape index (κ3) is 5.25. The Labute approximate surface area is 225 Å². The maximum atomic E-state index is 14.1. The number of pyridine rings is 1. The monoisotopic (exact) mass is 532 g/mol. The van der Waals surface area contributed by atoms with E-state index in [1.807, 2.05) is 37.3 Å². The van der Waals surface area contributed by atoms with E-state index in [-0.39, 0.29) is 11.6 Å². The van der Waals surface area contributed by atoms with Crippen molar-refractivity contribution in [3.63, 3.8) is 0 Å². The zero-order valence-corrected chi connectivity index (χ0v) is 21.9. The number of Topliss-reactive ketones (excluding diaryl/α,β-unsaturated/α-hetero) is 1. The fourth-order valence-corrected chi connectivity index (χ4v) is 6.17. The summed E-state index contributed by atoms with van der Waals surface area (Å²) in [6.45, 7) is 3.20. The molecule has 1 aliphatic heterocycles. The van der Waals surface area contributed by atoms with Gasteiger partial charge in [-0.1, -0.05) is 29.3 Å². The minimum absolute atomic E-state index is 0.0493. The molecule has 0 spiro atoms. The Morgan fingerprint density at radius 1 is 1.22 bits per heavy atom. The quantitative estimate of drug-likeness (QED) is 0.193. The molecule has 1 aliphatic carbocycles. The molecule has 5 rings (SSSR count). The molecule has 1 fully saturated rings. The highest BCUT2D eigenvalue weighted by molar-refractivity contribution is 7.97. The van der Waals surface area contributed by atoms with Crippen molar-refractivity contribution in [1.29, 1.82) is 5.41 Å². The number of nitrogens with zero attached hydrogens (tertiary/aromatic N) is 2. The minimum atomic E-state index is -0.852. The molecule has 37 heavy (non-hydrogen) atoms. The summed E-state index contributed by atoms with van der Waals surface area (Å²) in [5.41, 5.74) is 3.78. The third-order valence-corrected chi connectivity index (χ3v) is 8.30. The lowest BCUT2D eigenvalue weighted by Crippen LogP contribution is -2.49. The second-order valence-electron chi connectivity index (χ2n) is 9.30. The zero-order valence-electron chi connectivity index (χ0n) is 20.3. The van der Waals surface area contributed by atoms with Crippen LogP contribution in [0.2, 0.25) is 5.02 Å². The SMILES string of the molecule is Cc1ccc(SN2CCC3=CC(Nc4ccc(F)cc4)=C(C=N)CC3(C(=O)c3ccccn3)C2)cc1Cl. The number of allylic oxidation sites excluding steroid dienone is 2. The Morgan fingerprint density at radius 2 is 2.03 bits per heavy atom. The maximum absolute atomic E-state index is 14.1. The largest absolute Gasteiger partial charge is 0.355 e. The first kappa shape index (κ1) is 25.4. The number of halogens is 2. The van der Waals surface area contributed by atoms with Gasteiger partial charge in [0.05, 0.1) is 5.41 Å². The van der Waals surface area contributed by atoms with E-state index in [2.05, 4.69) is 14.6 Å². The lowest BCUT2D eigenvalue weighted by molar-refractivity contribution is 0.0775. The number of carbonyl (C=O) groups excluding carboxylic acids is 1. The summed E-state index contributed by atoms with van der Waals surface area (Å²) in [6.07, 6.45) is 5.99. The molecule has 2 aromatic carbocycles. The van der Waals surface area contributed by atoms with Gasteiger partial charge < -0.3 is 10.7 Å². The summed E-state index contributed by atoms with van der Waals surface area (Å²) >= 11 is 7.96. The lowest BCUT2D eigenvalue weighted by Gasteiger charge is -2.45. The molecular formula is C29H26ClFN4OS. The Morgan fingerprint density at radius 3 is 2.73 bits per heavy atom. The van der Waals surface area contributed by atoms with Crippen molar-refractivity contribution in [3.8, 4) is 0 Å². The summed E-state index contributed by atoms with van der Waals surface area (Å²) < 4.78 is 15.6. The fraction of sp³-hybridized carbons (Fsp3) is 0.207. The molecule has 8 heteroatoms. The van der Waals surface area contributed by atoms with Crippen molar-refractivity contribution < 1.29 is 9.18 Å². The van der Waals surface area contributed by atoms with Gasteiger partial charge in [-0.2, -0.15) is 0 Å². The number of carbonyl (C=O) groups is 1. The van der Waals surface area contributed by atoms with Gasteiger partial charge in [0, 0.05) is 46.8 Å². The first-order valence-electron chi connectivity index (χ1n) is 12.0. The van der Waals surface area contributed by atoms with Crippen LogP contribution < -0.4 is 5.32 Å². The van der Waals surface area contributed by atoms with Crippen LogP contribution in [0.4, 0.5) is 10.1 Å². The second-order valence-corrected chi connectivity index (χ2v) is 10.9. The smallest absolute Gasteiger partial charge is 0.192 e. The van der Waals surface area contributed by atoms with Crippen LogP contribution in [-0.2, 0) is 0 Å². The molecule has 188 valence electrons. The van der Waals surface area contributed by atoms with Crippen LogP contribution in [0.5, 0.6) is 0 Å². The minimum Gasteiger partial charge on any atom is -0.355 e. The van der Waals surface area contributed by atoms with E-state index in [9.17, 15) is 9.18 Å². The second kappa shape index (κ2) is 10.6. The molecule has 1 atom stereocenters. The molecule has 1 aromatic heterocycles. The zero-order chi connectivity index (χ0) is 26.0. The van der Waals surface area contributed by atoms with Gasteiger partial charge in [0.15, 0.2) is 5.78 Å². The van der Waals surface area contributed by atoms with Gasteiger partial charge in [0.25, 0.3) is 0 Å². The molecule has 2 aliphatic rings. The number of nitrogens with one attached hydrogen (secondary N) is 2. The van der Waals surface area contributed by atoms with Crippen molar-refractivity contribution in [2.24, 2.45) is 5.41 Å². The molecule has 3 aromatic rings. The molecule has 0 saturated carbocycles. The highest BCUT2D eigenvalue weighted by Crippen LogP contribution is 2.48. The number of rotatable bonds is 7. The number of aryl methyl sites for hydroxylation is 1. The summed E-state index contributed by atoms with van der Waals surface area (Å²) in [7, 11) is 0. The third-order valence-electron chi connectivity index (χ3n) is 6.86. The van der Waals surface area contributed by atoms with Gasteiger partial charge in [0.2, 0.25) is 0 Å². The van der Waals surface area contributed by atoms with Crippen molar-refractivity contribution in [1.82, 2.24) is 9.29 Å². The molecule has 0 bridgehead atoms. The van der Waals surface area contributed by atoms with Crippen LogP contribution in [0.25, 0.3) is 0 Å². The number of hydrogen-bond acceptors (Lipinski definition) is 6. The van der Waals surface area contributed by atoms with Gasteiger partial charge >= 0.3 is 0 Å². The van der Waals surface area contributed by atoms with Crippen LogP contribution in [0.15, 0.2) is 94.7 Å². The van der Waals surface area contributed by atoms with Gasteiger partial charge in [-0.05, 0) is 97.5 Å². The highest BCUT2D eigenvalue weighted by Gasteiger charge is 2.49. The van der Waals surface area contributed by atoms with E-state index >= 15 is 0 Å². The lowest BCUT2D eigenvalue weighted by atomic mass is 9.65. The van der Waals surface area contributed by atoms with E-state index in [0.717, 1.165) is 34.0 Å². The van der Waals surface area contributed by atoms with Crippen LogP contribution in [-0.4, -0.2) is 34.4 Å². The first-order chi connectivity index (χ1) is 17.9. The van der Waals surface area contributed by atoms with Gasteiger partial charge in [-0.15, -0.1) is 0 Å². The van der Waals surface area contributed by atoms with Gasteiger partial charge in [-0.25, -0.2) is 8.70 Å². The number of piperidine rings is 1. The van der Waals surface area contributed by atoms with Crippen LogP contribution >= 0.6 is 23.5 Å². The van der Waals surface area contributed by atoms with E-state index in [1.54, 1.807) is 42.4 Å². The molecule has 2 heterocycles. The summed E-state index contributed by atoms with van der Waals surface area (Å²) in [5, 5.41) is 12.2. The van der Waals surface area contributed by atoms with Crippen molar-refractivity contribution >= 4 is 41.2 Å². The maximum Gasteiger partial charge on any atom is 0.192 e. The van der Waals surface area contributed by atoms with E-state index in [1.165, 1.54) is 18.3 Å². The normalized spacial score (nSPS) is 19.7. The highest BCUT2D eigenvalue weighted by atomic mass is 35.5. The van der Waals surface area contributed by atoms with Crippen LogP contribution in [0, 0.1) is 23.6 Å².